The summed E-state index contributed by atoms with van der Waals surface area (Å²) in [7, 11) is 0. The number of aromatic nitrogens is 3. The Morgan fingerprint density at radius 3 is 2.61 bits per heavy atom. The minimum absolute atomic E-state index is 0.0321. The minimum atomic E-state index is -0.387. The van der Waals surface area contributed by atoms with Gasteiger partial charge in [-0.15, -0.1) is 0 Å². The number of pyridine rings is 1. The molecule has 0 radical (unpaired) electrons. The lowest BCUT2D eigenvalue weighted by Gasteiger charge is -2.49. The first-order valence-corrected chi connectivity index (χ1v) is 11.0. The second-order valence-corrected chi connectivity index (χ2v) is 9.17. The summed E-state index contributed by atoms with van der Waals surface area (Å²) in [6, 6.07) is 8.76. The van der Waals surface area contributed by atoms with E-state index in [2.05, 4.69) is 30.8 Å². The van der Waals surface area contributed by atoms with Crippen LogP contribution in [0.2, 0.25) is 0 Å². The lowest BCUT2D eigenvalue weighted by atomic mass is 9.71. The molecule has 31 heavy (non-hydrogen) atoms. The second kappa shape index (κ2) is 7.71. The van der Waals surface area contributed by atoms with E-state index in [-0.39, 0.29) is 17.3 Å². The lowest BCUT2D eigenvalue weighted by Crippen LogP contribution is -2.54. The van der Waals surface area contributed by atoms with Crippen LogP contribution in [0.25, 0.3) is 10.9 Å². The molecular weight excluding hydrogens is 393 g/mol. The predicted octanol–water partition coefficient (Wildman–Crippen LogP) is 3.64. The summed E-state index contributed by atoms with van der Waals surface area (Å²) in [4.78, 5) is 18.1. The van der Waals surface area contributed by atoms with Gasteiger partial charge in [0.05, 0.1) is 11.6 Å². The number of aliphatic hydroxyl groups is 1. The smallest absolute Gasteiger partial charge is 0.225 e. The molecule has 1 spiro atoms. The third kappa shape index (κ3) is 3.94. The Kier molecular flexibility index (Phi) is 5.01. The largest absolute Gasteiger partial charge is 0.391 e. The molecule has 6 nitrogen and oxygen atoms in total. The summed E-state index contributed by atoms with van der Waals surface area (Å²) in [6.45, 7) is 7.10. The number of fused-ring (bicyclic) bond motifs is 1. The number of benzene rings is 1. The first-order valence-electron chi connectivity index (χ1n) is 11.0. The second-order valence-electron chi connectivity index (χ2n) is 9.17. The van der Waals surface area contributed by atoms with Crippen LogP contribution in [-0.2, 0) is 0 Å². The zero-order chi connectivity index (χ0) is 21.6. The fourth-order valence-electron chi connectivity index (χ4n) is 5.25. The van der Waals surface area contributed by atoms with Crippen molar-refractivity contribution < 1.29 is 9.50 Å². The minimum Gasteiger partial charge on any atom is -0.391 e. The van der Waals surface area contributed by atoms with Crippen molar-refractivity contribution >= 4 is 22.5 Å². The van der Waals surface area contributed by atoms with Gasteiger partial charge >= 0.3 is 0 Å². The van der Waals surface area contributed by atoms with Crippen molar-refractivity contribution in [2.24, 2.45) is 5.41 Å². The molecule has 4 heterocycles. The molecule has 0 amide bonds. The molecule has 2 fully saturated rings. The molecule has 0 bridgehead atoms. The van der Waals surface area contributed by atoms with Crippen molar-refractivity contribution in [3.8, 4) is 0 Å². The van der Waals surface area contributed by atoms with E-state index in [1.54, 1.807) is 18.3 Å². The molecule has 3 aromatic rings. The Hall–Kier alpha value is -2.80. The van der Waals surface area contributed by atoms with Crippen LogP contribution in [0.5, 0.6) is 0 Å². The Bertz CT molecular complexity index is 1110. The Morgan fingerprint density at radius 1 is 1.03 bits per heavy atom. The molecule has 1 aromatic carbocycles. The van der Waals surface area contributed by atoms with Gasteiger partial charge in [0.1, 0.15) is 5.82 Å². The summed E-state index contributed by atoms with van der Waals surface area (Å²) in [5.41, 5.74) is 3.77. The van der Waals surface area contributed by atoms with Crippen LogP contribution in [-0.4, -0.2) is 52.3 Å². The van der Waals surface area contributed by atoms with Crippen molar-refractivity contribution in [2.75, 3.05) is 36.0 Å². The number of hydrogen-bond donors (Lipinski definition) is 1. The van der Waals surface area contributed by atoms with Gasteiger partial charge in [-0.25, -0.2) is 14.4 Å². The van der Waals surface area contributed by atoms with Gasteiger partial charge in [0.2, 0.25) is 5.95 Å². The van der Waals surface area contributed by atoms with E-state index in [4.69, 9.17) is 0 Å². The number of β-amino-alcohol motifs (C(OH)–C–C–N with tert-alkyl or cyclic N) is 1. The first kappa shape index (κ1) is 20.1. The van der Waals surface area contributed by atoms with Crippen LogP contribution in [0.3, 0.4) is 0 Å². The van der Waals surface area contributed by atoms with Gasteiger partial charge < -0.3 is 14.9 Å². The zero-order valence-corrected chi connectivity index (χ0v) is 18.1. The van der Waals surface area contributed by atoms with Crippen LogP contribution in [0, 0.1) is 25.1 Å². The number of rotatable bonds is 2. The van der Waals surface area contributed by atoms with E-state index < -0.39 is 0 Å². The highest BCUT2D eigenvalue weighted by molar-refractivity contribution is 5.92. The van der Waals surface area contributed by atoms with E-state index in [9.17, 15) is 9.50 Å². The summed E-state index contributed by atoms with van der Waals surface area (Å²) in [6.07, 6.45) is 4.12. The average molecular weight is 422 g/mol. The lowest BCUT2D eigenvalue weighted by molar-refractivity contribution is 0.0592. The van der Waals surface area contributed by atoms with Crippen LogP contribution >= 0.6 is 0 Å². The highest BCUT2D eigenvalue weighted by atomic mass is 19.1. The van der Waals surface area contributed by atoms with E-state index in [1.807, 2.05) is 19.9 Å². The maximum atomic E-state index is 14.0. The Balaban J connectivity index is 1.38. The Morgan fingerprint density at radius 2 is 1.84 bits per heavy atom. The SMILES string of the molecule is Cc1ccnc(N2CC(O)CC3(CCN(c4cc(C)nc5ccc(F)cc45)CC3)C2)n1. The molecular formula is C24H28FN5O. The highest BCUT2D eigenvalue weighted by Gasteiger charge is 2.42. The zero-order valence-electron chi connectivity index (χ0n) is 18.1. The maximum absolute atomic E-state index is 14.0. The van der Waals surface area contributed by atoms with Crippen LogP contribution in [0.15, 0.2) is 36.5 Å². The molecule has 2 aliphatic heterocycles. The molecule has 2 saturated heterocycles. The summed E-state index contributed by atoms with van der Waals surface area (Å²) in [5.74, 6) is 0.462. The van der Waals surface area contributed by atoms with E-state index >= 15 is 0 Å². The normalized spacial score (nSPS) is 21.1. The van der Waals surface area contributed by atoms with E-state index in [0.29, 0.717) is 12.5 Å². The number of piperidine rings is 2. The fourth-order valence-corrected chi connectivity index (χ4v) is 5.25. The number of aryl methyl sites for hydroxylation is 2. The van der Waals surface area contributed by atoms with Gasteiger partial charge in [0.15, 0.2) is 0 Å². The van der Waals surface area contributed by atoms with Gasteiger partial charge in [0.25, 0.3) is 0 Å². The average Bonchev–Trinajstić information content (AvgIpc) is 2.74. The first-order chi connectivity index (χ1) is 14.9. The van der Waals surface area contributed by atoms with Crippen molar-refractivity contribution in [1.82, 2.24) is 15.0 Å². The number of hydrogen-bond acceptors (Lipinski definition) is 6. The van der Waals surface area contributed by atoms with Crippen LogP contribution in [0.1, 0.15) is 30.7 Å². The molecule has 1 N–H and O–H groups in total. The fraction of sp³-hybridized carbons (Fsp3) is 0.458. The highest BCUT2D eigenvalue weighted by Crippen LogP contribution is 2.42. The molecule has 0 saturated carbocycles. The molecule has 1 atom stereocenters. The Labute approximate surface area is 181 Å². The van der Waals surface area contributed by atoms with Crippen LogP contribution < -0.4 is 9.80 Å². The molecule has 1 unspecified atom stereocenters. The maximum Gasteiger partial charge on any atom is 0.225 e. The quantitative estimate of drug-likeness (QED) is 0.682. The number of nitrogens with zero attached hydrogens (tertiary/aromatic N) is 5. The molecule has 2 aromatic heterocycles. The van der Waals surface area contributed by atoms with E-state index in [0.717, 1.165) is 66.9 Å². The van der Waals surface area contributed by atoms with Gasteiger partial charge in [-0.1, -0.05) is 0 Å². The molecule has 162 valence electrons. The van der Waals surface area contributed by atoms with Gasteiger partial charge in [-0.05, 0) is 68.9 Å². The topological polar surface area (TPSA) is 65.4 Å². The van der Waals surface area contributed by atoms with Crippen molar-refractivity contribution in [3.05, 3.63) is 53.7 Å². The van der Waals surface area contributed by atoms with E-state index in [1.165, 1.54) is 6.07 Å². The number of aliphatic hydroxyl groups excluding tert-OH is 1. The number of halogens is 1. The van der Waals surface area contributed by atoms with Crippen molar-refractivity contribution in [1.29, 1.82) is 0 Å². The van der Waals surface area contributed by atoms with Crippen LogP contribution in [0.4, 0.5) is 16.0 Å². The van der Waals surface area contributed by atoms with Crippen molar-refractivity contribution in [3.63, 3.8) is 0 Å². The molecule has 0 aliphatic carbocycles. The van der Waals surface area contributed by atoms with Crippen molar-refractivity contribution in [2.45, 2.75) is 39.2 Å². The summed E-state index contributed by atoms with van der Waals surface area (Å²) in [5, 5.41) is 11.5. The standard InChI is InChI=1S/C24H28FN5O/c1-16-5-8-26-23(28-16)30-14-19(31)13-24(15-30)6-9-29(10-7-24)22-11-17(2)27-21-4-3-18(25)12-20(21)22/h3-5,8,11-12,19,31H,6-7,9-10,13-15H2,1-2H3. The third-order valence-electron chi connectivity index (χ3n) is 6.73. The summed E-state index contributed by atoms with van der Waals surface area (Å²) < 4.78 is 14.0. The monoisotopic (exact) mass is 421 g/mol. The summed E-state index contributed by atoms with van der Waals surface area (Å²) >= 11 is 0. The predicted molar refractivity (Wildman–Crippen MR) is 120 cm³/mol. The third-order valence-corrected chi connectivity index (χ3v) is 6.73. The number of anilines is 2. The van der Waals surface area contributed by atoms with Gasteiger partial charge in [0, 0.05) is 54.8 Å². The van der Waals surface area contributed by atoms with Gasteiger partial charge in [-0.3, -0.25) is 4.98 Å². The molecule has 7 heteroatoms. The molecule has 5 rings (SSSR count). The van der Waals surface area contributed by atoms with Gasteiger partial charge in [-0.2, -0.15) is 0 Å². The molecule has 2 aliphatic rings.